The minimum Gasteiger partial charge on any atom is -0.456 e. The van der Waals surface area contributed by atoms with Gasteiger partial charge in [-0.25, -0.2) is 4.57 Å². The van der Waals surface area contributed by atoms with E-state index in [4.69, 9.17) is 13.8 Å². The number of likely N-dealkylation sites (N-methyl/N-ethyl adjacent to an activating group) is 1. The van der Waals surface area contributed by atoms with Crippen molar-refractivity contribution < 1.29 is 37.3 Å². The fraction of sp³-hybridized carbons (Fsp3) is 0.612. The molecule has 10 heteroatoms. The largest absolute Gasteiger partial charge is 0.472 e. The summed E-state index contributed by atoms with van der Waals surface area (Å²) in [6, 6.07) is -0.896. The molecule has 0 aromatic heterocycles. The van der Waals surface area contributed by atoms with Crippen molar-refractivity contribution in [2.75, 3.05) is 40.9 Å². The van der Waals surface area contributed by atoms with E-state index < -0.39 is 25.9 Å². The van der Waals surface area contributed by atoms with Gasteiger partial charge in [-0.3, -0.25) is 18.6 Å². The molecular formula is C67H112N2O7P+. The molecule has 0 saturated heterocycles. The summed E-state index contributed by atoms with van der Waals surface area (Å²) in [5.41, 5.74) is 0. The minimum absolute atomic E-state index is 0.0172. The van der Waals surface area contributed by atoms with Crippen LogP contribution in [0.15, 0.2) is 146 Å². The molecule has 0 heterocycles. The third-order valence-electron chi connectivity index (χ3n) is 12.3. The van der Waals surface area contributed by atoms with Crippen LogP contribution in [-0.2, 0) is 27.9 Å². The lowest BCUT2D eigenvalue weighted by atomic mass is 10.1. The summed E-state index contributed by atoms with van der Waals surface area (Å²) >= 11 is 0. The quantitative estimate of drug-likeness (QED) is 0.0205. The summed E-state index contributed by atoms with van der Waals surface area (Å²) in [6.07, 6.45) is 80.0. The smallest absolute Gasteiger partial charge is 0.456 e. The van der Waals surface area contributed by atoms with Gasteiger partial charge in [0.1, 0.15) is 19.3 Å². The van der Waals surface area contributed by atoms with E-state index in [9.17, 15) is 19.0 Å². The van der Waals surface area contributed by atoms with Gasteiger partial charge in [0.15, 0.2) is 0 Å². The van der Waals surface area contributed by atoms with Gasteiger partial charge in [-0.05, 0) is 122 Å². The molecule has 9 nitrogen and oxygen atoms in total. The van der Waals surface area contributed by atoms with Crippen LogP contribution in [0.4, 0.5) is 0 Å². The molecule has 77 heavy (non-hydrogen) atoms. The lowest BCUT2D eigenvalue weighted by molar-refractivity contribution is -0.870. The number of nitrogens with one attached hydrogen (secondary N) is 1. The fourth-order valence-electron chi connectivity index (χ4n) is 7.68. The van der Waals surface area contributed by atoms with Crippen molar-refractivity contribution in [3.05, 3.63) is 146 Å². The highest BCUT2D eigenvalue weighted by atomic mass is 31.2. The number of unbranched alkanes of at least 4 members (excludes halogenated alkanes) is 14. The van der Waals surface area contributed by atoms with E-state index in [0.717, 1.165) is 122 Å². The SMILES string of the molecule is CC/C=C\C/C=C\C/C=C\C/C=C\C/C=C\C/C=C\CCCCCCC(=O)NC(COP(=O)(O)OCC[N+](C)(C)C)C(/C=C\CCCCCCCCCCC)OC(=O)CCC/C=C\C/C=C\C/C=C\C/C=C\C/C=C\CC. The van der Waals surface area contributed by atoms with Crippen molar-refractivity contribution >= 4 is 19.7 Å². The Morgan fingerprint density at radius 1 is 0.468 bits per heavy atom. The maximum atomic E-state index is 13.5. The number of phosphoric ester groups is 1. The number of esters is 1. The molecule has 0 saturated carbocycles. The van der Waals surface area contributed by atoms with Crippen molar-refractivity contribution in [1.82, 2.24) is 5.32 Å². The predicted octanol–water partition coefficient (Wildman–Crippen LogP) is 18.7. The highest BCUT2D eigenvalue weighted by Crippen LogP contribution is 2.43. The Kier molecular flexibility index (Phi) is 52.3. The van der Waals surface area contributed by atoms with Crippen molar-refractivity contribution in [2.24, 2.45) is 0 Å². The van der Waals surface area contributed by atoms with Crippen LogP contribution in [0, 0.1) is 0 Å². The van der Waals surface area contributed by atoms with Crippen molar-refractivity contribution in [2.45, 2.75) is 226 Å². The first-order chi connectivity index (χ1) is 37.4. The molecule has 0 aromatic carbocycles. The molecule has 0 spiro atoms. The fourth-order valence-corrected chi connectivity index (χ4v) is 8.42. The monoisotopic (exact) mass is 1090 g/mol. The number of allylic oxidation sites excluding steroid dienone is 23. The number of carbonyl (C=O) groups is 2. The number of hydrogen-bond donors (Lipinski definition) is 2. The molecule has 0 radical (unpaired) electrons. The van der Waals surface area contributed by atoms with E-state index in [2.05, 4.69) is 160 Å². The van der Waals surface area contributed by atoms with Crippen LogP contribution < -0.4 is 5.32 Å². The van der Waals surface area contributed by atoms with Crippen molar-refractivity contribution in [1.29, 1.82) is 0 Å². The number of nitrogens with zero attached hydrogens (tertiary/aromatic N) is 1. The third-order valence-corrected chi connectivity index (χ3v) is 13.3. The van der Waals surface area contributed by atoms with E-state index in [1.165, 1.54) is 44.9 Å². The van der Waals surface area contributed by atoms with Crippen LogP contribution in [0.5, 0.6) is 0 Å². The van der Waals surface area contributed by atoms with E-state index in [0.29, 0.717) is 23.9 Å². The zero-order valence-corrected chi connectivity index (χ0v) is 50.5. The van der Waals surface area contributed by atoms with Gasteiger partial charge in [-0.2, -0.15) is 0 Å². The molecule has 0 rings (SSSR count). The van der Waals surface area contributed by atoms with E-state index >= 15 is 0 Å². The highest BCUT2D eigenvalue weighted by molar-refractivity contribution is 7.47. The first-order valence-electron chi connectivity index (χ1n) is 30.2. The Hall–Kier alpha value is -4.11. The first-order valence-corrected chi connectivity index (χ1v) is 31.7. The predicted molar refractivity (Wildman–Crippen MR) is 332 cm³/mol. The number of ether oxygens (including phenoxy) is 1. The zero-order valence-electron chi connectivity index (χ0n) is 49.6. The normalized spacial score (nSPS) is 14.7. The summed E-state index contributed by atoms with van der Waals surface area (Å²) in [7, 11) is 1.42. The number of carbonyl (C=O) groups excluding carboxylic acids is 2. The van der Waals surface area contributed by atoms with Crippen LogP contribution in [0.3, 0.4) is 0 Å². The number of rotatable bonds is 52. The highest BCUT2D eigenvalue weighted by Gasteiger charge is 2.30. The molecular weight excluding hydrogens is 976 g/mol. The van der Waals surface area contributed by atoms with Crippen molar-refractivity contribution in [3.63, 3.8) is 0 Å². The molecule has 436 valence electrons. The molecule has 2 N–H and O–H groups in total. The Bertz CT molecular complexity index is 1830. The maximum absolute atomic E-state index is 13.5. The lowest BCUT2D eigenvalue weighted by Gasteiger charge is -2.27. The standard InChI is InChI=1S/C67H111N2O7P/c1-7-10-13-16-19-22-25-27-29-31-32-33-34-35-36-38-39-41-44-47-50-53-56-59-66(70)68-64(63-75-77(72,73)74-62-61-69(4,5)6)65(58-55-52-49-46-43-24-21-18-15-12-9-3)76-67(71)60-57-54-51-48-45-42-40-37-30-28-26-23-20-17-14-11-8-2/h10-11,13-14,19-20,22-23,27-30,32-33,35-36,39-42,48,51,55,58,64-65H,7-9,12,15-18,21,24-26,31,34,37-38,43-47,49-50,52-54,56-57,59-63H2,1-6H3,(H-,68,70,72,73)/p+1/b13-10-,14-11-,22-19-,23-20-,29-27-,30-28-,33-32-,36-35-,41-39-,42-40-,51-48-,58-55-. The van der Waals surface area contributed by atoms with E-state index in [1.54, 1.807) is 0 Å². The third kappa shape index (κ3) is 56.4. The van der Waals surface area contributed by atoms with Gasteiger partial charge >= 0.3 is 13.8 Å². The van der Waals surface area contributed by atoms with Gasteiger partial charge in [0.25, 0.3) is 0 Å². The van der Waals surface area contributed by atoms with Gasteiger partial charge in [-0.1, -0.05) is 225 Å². The average Bonchev–Trinajstić information content (AvgIpc) is 3.39. The first kappa shape index (κ1) is 72.9. The second-order valence-corrected chi connectivity index (χ2v) is 22.2. The average molecular weight is 1090 g/mol. The molecule has 0 aromatic rings. The molecule has 3 atom stereocenters. The molecule has 0 bridgehead atoms. The molecule has 0 aliphatic heterocycles. The number of hydrogen-bond acceptors (Lipinski definition) is 6. The van der Waals surface area contributed by atoms with E-state index in [1.807, 2.05) is 33.3 Å². The van der Waals surface area contributed by atoms with Crippen LogP contribution in [0.1, 0.15) is 213 Å². The van der Waals surface area contributed by atoms with Crippen LogP contribution >= 0.6 is 7.82 Å². The molecule has 0 aliphatic rings. The summed E-state index contributed by atoms with van der Waals surface area (Å²) < 4.78 is 30.6. The van der Waals surface area contributed by atoms with Gasteiger partial charge in [0, 0.05) is 12.8 Å². The number of quaternary nitrogens is 1. The maximum Gasteiger partial charge on any atom is 0.472 e. The van der Waals surface area contributed by atoms with Crippen LogP contribution in [-0.4, -0.2) is 74.3 Å². The van der Waals surface area contributed by atoms with Gasteiger partial charge < -0.3 is 19.4 Å². The van der Waals surface area contributed by atoms with Gasteiger partial charge in [0.05, 0.1) is 33.8 Å². The lowest BCUT2D eigenvalue weighted by Crippen LogP contribution is -2.47. The molecule has 0 aliphatic carbocycles. The topological polar surface area (TPSA) is 111 Å². The summed E-state index contributed by atoms with van der Waals surface area (Å²) in [5, 5.41) is 3.02. The summed E-state index contributed by atoms with van der Waals surface area (Å²) in [5.74, 6) is -0.617. The molecule has 1 amide bonds. The van der Waals surface area contributed by atoms with Crippen molar-refractivity contribution in [3.8, 4) is 0 Å². The number of phosphoric acid groups is 1. The Balaban J connectivity index is 5.38. The van der Waals surface area contributed by atoms with E-state index in [-0.39, 0.29) is 32.0 Å². The van der Waals surface area contributed by atoms with Gasteiger partial charge in [-0.15, -0.1) is 0 Å². The molecule has 0 fully saturated rings. The summed E-state index contributed by atoms with van der Waals surface area (Å²) in [4.78, 5) is 37.6. The van der Waals surface area contributed by atoms with Gasteiger partial charge in [0.2, 0.25) is 5.91 Å². The van der Waals surface area contributed by atoms with Crippen LogP contribution in [0.2, 0.25) is 0 Å². The Morgan fingerprint density at radius 3 is 1.27 bits per heavy atom. The summed E-state index contributed by atoms with van der Waals surface area (Å²) in [6.45, 7) is 6.69. The van der Waals surface area contributed by atoms with Crippen LogP contribution in [0.25, 0.3) is 0 Å². The second kappa shape index (κ2) is 55.2. The minimum atomic E-state index is -4.48. The Labute approximate surface area is 472 Å². The second-order valence-electron chi connectivity index (χ2n) is 20.8. The Morgan fingerprint density at radius 2 is 0.844 bits per heavy atom. The molecule has 3 unspecified atom stereocenters. The number of amides is 1. The zero-order chi connectivity index (χ0) is 56.4.